The lowest BCUT2D eigenvalue weighted by molar-refractivity contribution is -0.119. The minimum atomic E-state index is -0.126. The fourth-order valence-electron chi connectivity index (χ4n) is 3.37. The zero-order valence-corrected chi connectivity index (χ0v) is 12.5. The van der Waals surface area contributed by atoms with Crippen LogP contribution in [0.15, 0.2) is 24.3 Å². The molecule has 2 heterocycles. The van der Waals surface area contributed by atoms with Gasteiger partial charge in [0, 0.05) is 37.6 Å². The van der Waals surface area contributed by atoms with Crippen LogP contribution in [-0.4, -0.2) is 50.2 Å². The summed E-state index contributed by atoms with van der Waals surface area (Å²) in [6.07, 6.45) is 2.49. The molecule has 0 spiro atoms. The van der Waals surface area contributed by atoms with Crippen molar-refractivity contribution in [2.24, 2.45) is 5.92 Å². The Balaban J connectivity index is 1.61. The van der Waals surface area contributed by atoms with Crippen molar-refractivity contribution < 1.29 is 9.53 Å². The van der Waals surface area contributed by atoms with Gasteiger partial charge in [-0.15, -0.1) is 0 Å². The van der Waals surface area contributed by atoms with Gasteiger partial charge < -0.3 is 20.3 Å². The van der Waals surface area contributed by atoms with E-state index in [1.807, 2.05) is 18.2 Å². The molecule has 0 aliphatic carbocycles. The Labute approximate surface area is 125 Å². The molecule has 1 aromatic rings. The average Bonchev–Trinajstić information content (AvgIpc) is 2.85. The van der Waals surface area contributed by atoms with Gasteiger partial charge in [-0.3, -0.25) is 4.79 Å². The average molecular weight is 289 g/mol. The molecule has 2 aliphatic heterocycles. The van der Waals surface area contributed by atoms with E-state index < -0.39 is 0 Å². The van der Waals surface area contributed by atoms with Crippen molar-refractivity contribution in [3.8, 4) is 0 Å². The van der Waals surface area contributed by atoms with Crippen LogP contribution in [0.25, 0.3) is 0 Å². The van der Waals surface area contributed by atoms with E-state index in [2.05, 4.69) is 21.6 Å². The van der Waals surface area contributed by atoms with Gasteiger partial charge in [0.2, 0.25) is 5.91 Å². The topological polar surface area (TPSA) is 53.6 Å². The maximum Gasteiger partial charge on any atom is 0.250 e. The molecule has 2 saturated heterocycles. The van der Waals surface area contributed by atoms with E-state index in [4.69, 9.17) is 4.74 Å². The molecule has 21 heavy (non-hydrogen) atoms. The van der Waals surface area contributed by atoms with Gasteiger partial charge in [-0.1, -0.05) is 6.07 Å². The van der Waals surface area contributed by atoms with Gasteiger partial charge in [0.1, 0.15) is 6.61 Å². The number of nitrogens with zero attached hydrogens (tertiary/aromatic N) is 1. The fourth-order valence-corrected chi connectivity index (χ4v) is 3.37. The van der Waals surface area contributed by atoms with Gasteiger partial charge in [-0.2, -0.15) is 0 Å². The molecular formula is C16H23N3O2. The molecular weight excluding hydrogens is 266 g/mol. The van der Waals surface area contributed by atoms with Crippen molar-refractivity contribution >= 4 is 17.3 Å². The summed E-state index contributed by atoms with van der Waals surface area (Å²) in [4.78, 5) is 14.1. The highest BCUT2D eigenvalue weighted by Gasteiger charge is 2.33. The van der Waals surface area contributed by atoms with E-state index in [9.17, 15) is 4.79 Å². The van der Waals surface area contributed by atoms with Gasteiger partial charge in [0.15, 0.2) is 0 Å². The Morgan fingerprint density at radius 1 is 1.33 bits per heavy atom. The standard InChI is InChI=1S/C16H23N3O2/c1-21-11-16(20)18-14-4-2-3-13(9-14)17-15-6-8-19-7-5-12(15)10-19/h2-4,9,12,15,17H,5-8,10-11H2,1H3,(H,18,20). The molecule has 2 fully saturated rings. The van der Waals surface area contributed by atoms with Gasteiger partial charge >= 0.3 is 0 Å². The highest BCUT2D eigenvalue weighted by Crippen LogP contribution is 2.29. The first-order valence-electron chi connectivity index (χ1n) is 7.62. The Morgan fingerprint density at radius 3 is 3.00 bits per heavy atom. The first-order valence-corrected chi connectivity index (χ1v) is 7.62. The Morgan fingerprint density at radius 2 is 2.14 bits per heavy atom. The number of methoxy groups -OCH3 is 1. The van der Waals surface area contributed by atoms with E-state index in [1.165, 1.54) is 39.6 Å². The predicted octanol–water partition coefficient (Wildman–Crippen LogP) is 1.78. The minimum Gasteiger partial charge on any atom is -0.382 e. The molecule has 1 amide bonds. The van der Waals surface area contributed by atoms with Crippen molar-refractivity contribution in [2.45, 2.75) is 18.9 Å². The second kappa shape index (κ2) is 6.45. The number of carbonyl (C=O) groups is 1. The van der Waals surface area contributed by atoms with Crippen LogP contribution in [0.2, 0.25) is 0 Å². The maximum absolute atomic E-state index is 11.6. The third-order valence-corrected chi connectivity index (χ3v) is 4.41. The normalized spacial score (nSPS) is 27.4. The minimum absolute atomic E-state index is 0.0815. The molecule has 0 aromatic heterocycles. The van der Waals surface area contributed by atoms with Crippen LogP contribution in [0.1, 0.15) is 12.8 Å². The largest absolute Gasteiger partial charge is 0.382 e. The number of piperidine rings is 1. The molecule has 3 rings (SSSR count). The number of benzene rings is 1. The number of fused-ring (bicyclic) bond motifs is 2. The van der Waals surface area contributed by atoms with Crippen LogP contribution in [0.3, 0.4) is 0 Å². The number of carbonyl (C=O) groups excluding carboxylic acids is 1. The SMILES string of the molecule is COCC(=O)Nc1cccc(NC2CCN3CCC2C3)c1. The quantitative estimate of drug-likeness (QED) is 0.867. The van der Waals surface area contributed by atoms with Crippen molar-refractivity contribution in [3.05, 3.63) is 24.3 Å². The van der Waals surface area contributed by atoms with Crippen molar-refractivity contribution in [1.29, 1.82) is 0 Å². The lowest BCUT2D eigenvalue weighted by Gasteiger charge is -2.31. The summed E-state index contributed by atoms with van der Waals surface area (Å²) in [7, 11) is 1.52. The zero-order chi connectivity index (χ0) is 14.7. The molecule has 3 atom stereocenters. The Kier molecular flexibility index (Phi) is 4.41. The van der Waals surface area contributed by atoms with Crippen LogP contribution >= 0.6 is 0 Å². The molecule has 0 saturated carbocycles. The fraction of sp³-hybridized carbons (Fsp3) is 0.562. The smallest absolute Gasteiger partial charge is 0.250 e. The van der Waals surface area contributed by atoms with E-state index >= 15 is 0 Å². The maximum atomic E-state index is 11.6. The third-order valence-electron chi connectivity index (χ3n) is 4.41. The van der Waals surface area contributed by atoms with E-state index in [1.54, 1.807) is 0 Å². The van der Waals surface area contributed by atoms with Gasteiger partial charge in [-0.05, 0) is 43.5 Å². The summed E-state index contributed by atoms with van der Waals surface area (Å²) >= 11 is 0. The van der Waals surface area contributed by atoms with Crippen LogP contribution in [0, 0.1) is 5.92 Å². The van der Waals surface area contributed by atoms with Crippen molar-refractivity contribution in [2.75, 3.05) is 44.0 Å². The monoisotopic (exact) mass is 289 g/mol. The molecule has 1 aromatic carbocycles. The highest BCUT2D eigenvalue weighted by molar-refractivity contribution is 5.92. The van der Waals surface area contributed by atoms with Gasteiger partial charge in [0.05, 0.1) is 0 Å². The number of ether oxygens (including phenoxy) is 1. The molecule has 0 radical (unpaired) electrons. The van der Waals surface area contributed by atoms with Gasteiger partial charge in [-0.25, -0.2) is 0 Å². The van der Waals surface area contributed by atoms with E-state index in [0.717, 1.165) is 17.3 Å². The number of hydrogen-bond acceptors (Lipinski definition) is 4. The van der Waals surface area contributed by atoms with Crippen molar-refractivity contribution in [1.82, 2.24) is 4.90 Å². The van der Waals surface area contributed by atoms with Crippen LogP contribution in [-0.2, 0) is 9.53 Å². The molecule has 2 aliphatic rings. The Bertz CT molecular complexity index is 506. The van der Waals surface area contributed by atoms with Crippen LogP contribution in [0.5, 0.6) is 0 Å². The van der Waals surface area contributed by atoms with Gasteiger partial charge in [0.25, 0.3) is 0 Å². The van der Waals surface area contributed by atoms with Crippen molar-refractivity contribution in [3.63, 3.8) is 0 Å². The number of rotatable bonds is 5. The summed E-state index contributed by atoms with van der Waals surface area (Å²) < 4.78 is 4.83. The first kappa shape index (κ1) is 14.4. The second-order valence-electron chi connectivity index (χ2n) is 5.95. The van der Waals surface area contributed by atoms with Crippen LogP contribution in [0.4, 0.5) is 11.4 Å². The summed E-state index contributed by atoms with van der Waals surface area (Å²) in [5, 5.41) is 6.49. The number of amides is 1. The summed E-state index contributed by atoms with van der Waals surface area (Å²) in [5.74, 6) is 0.629. The molecule has 5 heteroatoms. The predicted molar refractivity (Wildman–Crippen MR) is 83.5 cm³/mol. The molecule has 2 N–H and O–H groups in total. The lowest BCUT2D eigenvalue weighted by atomic mass is 9.94. The van der Waals surface area contributed by atoms with E-state index in [0.29, 0.717) is 6.04 Å². The molecule has 5 nitrogen and oxygen atoms in total. The molecule has 2 bridgehead atoms. The van der Waals surface area contributed by atoms with Crippen LogP contribution < -0.4 is 10.6 Å². The molecule has 3 unspecified atom stereocenters. The Hall–Kier alpha value is -1.59. The summed E-state index contributed by atoms with van der Waals surface area (Å²) in [6.45, 7) is 3.74. The number of hydrogen-bond donors (Lipinski definition) is 2. The summed E-state index contributed by atoms with van der Waals surface area (Å²) in [5.41, 5.74) is 1.89. The first-order chi connectivity index (χ1) is 10.2. The van der Waals surface area contributed by atoms with E-state index in [-0.39, 0.29) is 12.5 Å². The lowest BCUT2D eigenvalue weighted by Crippen LogP contribution is -2.39. The zero-order valence-electron chi connectivity index (χ0n) is 12.5. The second-order valence-corrected chi connectivity index (χ2v) is 5.95. The molecule has 114 valence electrons. The highest BCUT2D eigenvalue weighted by atomic mass is 16.5. The third kappa shape index (κ3) is 3.54. The number of anilines is 2. The summed E-state index contributed by atoms with van der Waals surface area (Å²) in [6, 6.07) is 8.47. The number of nitrogens with one attached hydrogen (secondary N) is 2.